The Morgan fingerprint density at radius 2 is 1.38 bits per heavy atom. The fourth-order valence-corrected chi connectivity index (χ4v) is 15.9. The van der Waals surface area contributed by atoms with Crippen molar-refractivity contribution < 1.29 is 86.1 Å². The van der Waals surface area contributed by atoms with Gasteiger partial charge in [0.05, 0.1) is 61.0 Å². The lowest BCUT2D eigenvalue weighted by Gasteiger charge is -2.41. The molecule has 624 valence electrons. The molecule has 1 saturated carbocycles. The first-order valence-corrected chi connectivity index (χ1v) is 40.0. The van der Waals surface area contributed by atoms with Crippen molar-refractivity contribution in [1.29, 1.82) is 0 Å². The number of carbonyl (C=O) groups is 14. The van der Waals surface area contributed by atoms with E-state index in [1.807, 2.05) is 72.4 Å². The Balaban J connectivity index is 1.15. The Bertz CT molecular complexity index is 3570. The molecular weight excluding hydrogens is 1470 g/mol. The summed E-state index contributed by atoms with van der Waals surface area (Å²) in [5.41, 5.74) is 13.5. The Kier molecular flexibility index (Phi) is 37.7. The molecule has 5 rings (SSSR count). The van der Waals surface area contributed by atoms with E-state index in [1.165, 1.54) is 35.8 Å². The van der Waals surface area contributed by atoms with Crippen molar-refractivity contribution in [2.24, 2.45) is 46.5 Å². The number of ketones is 1. The number of unbranched alkanes of at least 4 members (excludes halogenated alkanes) is 2. The molecule has 2 saturated heterocycles. The number of amides is 14. The molecule has 3 fully saturated rings. The molecule has 2 aliphatic heterocycles. The molecule has 32 nitrogen and oxygen atoms in total. The molecule has 3 unspecified atom stereocenters. The minimum atomic E-state index is -1.13. The highest BCUT2D eigenvalue weighted by Gasteiger charge is 2.49. The minimum Gasteiger partial charge on any atom is -0.445 e. The van der Waals surface area contributed by atoms with E-state index in [0.717, 1.165) is 24.0 Å². The van der Waals surface area contributed by atoms with Crippen LogP contribution in [0.25, 0.3) is 0 Å². The monoisotopic (exact) mass is 1590 g/mol. The second-order valence-corrected chi connectivity index (χ2v) is 32.4. The van der Waals surface area contributed by atoms with E-state index in [4.69, 9.17) is 30.4 Å². The molecule has 12 atom stereocenters. The molecule has 0 aromatic heterocycles. The average Bonchev–Trinajstić information content (AvgIpc) is 1.58. The number of ether oxygens (including phenoxy) is 4. The standard InChI is InChI=1S/C79H124N14O18S/c1-17-49(9)68(91(14)75(104)66(46(4)5)89-73(102)67(47(6)7)90(12)13)59(108-15)38-63(97)93-42-54(37-57(93)69(109-16)51(11)70(99)85-41-58(94)55-29-24-48(8)36-50(55)10)111-78(107)84-34-33-83-77(106)110-43-52-25-27-53(28-26-52)86-71(100)56(22-21-32-82-76(81)105)87-72(101)65(45(2)3)88-62(96)23-19-18-20-35-92-64(98)39-60(74(92)103)112-44-79(30-31-79)40-61(80)95/h24-29,36,45-47,49,51,54,56-57,59-60,65-69H,17-23,30-35,37-44H2,1-16H3,(H2,80,95)(H,83,106)(H,84,107)(H,85,99)(H,86,100)(H,87,101)(H,88,96)(H,89,102)(H3,81,82,105)/t49-,51+,54-,56-,57?,59+,60?,65-,66-,67-,68?,69+/m0/s1. The fraction of sp³-hybridized carbons (Fsp3) is 0.671. The van der Waals surface area contributed by atoms with E-state index < -0.39 is 119 Å². The summed E-state index contributed by atoms with van der Waals surface area (Å²) in [5, 5.41) is 21.2. The van der Waals surface area contributed by atoms with E-state index in [9.17, 15) is 62.3 Å². The third-order valence-electron chi connectivity index (χ3n) is 21.0. The highest BCUT2D eigenvalue weighted by atomic mass is 32.2. The molecule has 2 aromatic carbocycles. The number of likely N-dealkylation sites (tertiary alicyclic amines) is 2. The van der Waals surface area contributed by atoms with Gasteiger partial charge in [0, 0.05) is 90.1 Å². The van der Waals surface area contributed by atoms with Crippen LogP contribution in [-0.4, -0.2) is 243 Å². The molecule has 33 heteroatoms. The van der Waals surface area contributed by atoms with Crippen LogP contribution in [0.4, 0.5) is 20.1 Å². The van der Waals surface area contributed by atoms with Crippen LogP contribution >= 0.6 is 11.8 Å². The largest absolute Gasteiger partial charge is 0.445 e. The number of likely N-dealkylation sites (N-methyl/N-ethyl adjacent to an activating group) is 2. The van der Waals surface area contributed by atoms with Crippen molar-refractivity contribution in [2.75, 3.05) is 85.7 Å². The van der Waals surface area contributed by atoms with E-state index >= 15 is 4.79 Å². The molecule has 12 N–H and O–H groups in total. The molecule has 2 aromatic rings. The Morgan fingerprint density at radius 3 is 1.96 bits per heavy atom. The zero-order valence-corrected chi connectivity index (χ0v) is 69.1. The van der Waals surface area contributed by atoms with Crippen molar-refractivity contribution in [2.45, 2.75) is 226 Å². The van der Waals surface area contributed by atoms with Gasteiger partial charge in [-0.25, -0.2) is 14.4 Å². The van der Waals surface area contributed by atoms with Gasteiger partial charge in [-0.2, -0.15) is 0 Å². The van der Waals surface area contributed by atoms with Crippen molar-refractivity contribution in [1.82, 2.24) is 56.8 Å². The number of carbonyl (C=O) groups excluding carboxylic acids is 14. The number of nitrogens with one attached hydrogen (secondary N) is 8. The zero-order valence-electron chi connectivity index (χ0n) is 68.3. The molecule has 0 bridgehead atoms. The van der Waals surface area contributed by atoms with Crippen LogP contribution in [0.1, 0.15) is 173 Å². The lowest BCUT2D eigenvalue weighted by molar-refractivity contribution is -0.148. The van der Waals surface area contributed by atoms with Crippen molar-refractivity contribution in [3.05, 3.63) is 64.7 Å². The lowest BCUT2D eigenvalue weighted by atomic mass is 9.89. The number of primary amides is 2. The number of benzene rings is 2. The maximum atomic E-state index is 15.0. The Hall–Kier alpha value is -8.95. The normalized spacial score (nSPS) is 18.3. The number of urea groups is 1. The molecule has 14 amide bonds. The first kappa shape index (κ1) is 93.6. The number of nitrogens with zero attached hydrogens (tertiary/aromatic N) is 4. The number of anilines is 1. The second-order valence-electron chi connectivity index (χ2n) is 31.3. The Morgan fingerprint density at radius 1 is 0.714 bits per heavy atom. The lowest BCUT2D eigenvalue weighted by Crippen LogP contribution is -2.59. The highest BCUT2D eigenvalue weighted by molar-refractivity contribution is 8.00. The quantitative estimate of drug-likeness (QED) is 0.0237. The number of Topliss-reactive ketones (excluding diaryl/α,β-unsaturated/α-hetero) is 1. The van der Waals surface area contributed by atoms with E-state index in [2.05, 4.69) is 42.5 Å². The maximum Gasteiger partial charge on any atom is 0.407 e. The summed E-state index contributed by atoms with van der Waals surface area (Å²) in [5.74, 6) is -5.82. The van der Waals surface area contributed by atoms with Gasteiger partial charge in [0.2, 0.25) is 59.1 Å². The second kappa shape index (κ2) is 45.1. The SMILES string of the molecule is CC[C@H](C)C([C@@H](CC(=O)N1C[C@@H](OC(=O)NCCNC(=O)OCc2ccc(NC(=O)[C@H](CCCNC(N)=O)NC(=O)[C@@H](NC(=O)CCCCCN3C(=O)CC(SCC4(CC(N)=O)CC4)C3=O)C(C)C)cc2)CC1[C@H](OC)[C@@H](C)C(=O)NCC(=O)c1ccc(C)cc1C)OC)N(C)C(=O)[C@@H](NC(=O)[C@H](C(C)C)N(C)C)C(C)C. The van der Waals surface area contributed by atoms with Gasteiger partial charge < -0.3 is 82.7 Å². The van der Waals surface area contributed by atoms with Gasteiger partial charge in [-0.05, 0) is 119 Å². The summed E-state index contributed by atoms with van der Waals surface area (Å²) in [6.07, 6.45) is -0.341. The predicted octanol–water partition coefficient (Wildman–Crippen LogP) is 4.97. The molecule has 1 aliphatic carbocycles. The number of hydrogen-bond donors (Lipinski definition) is 10. The highest BCUT2D eigenvalue weighted by Crippen LogP contribution is 2.52. The van der Waals surface area contributed by atoms with Crippen LogP contribution < -0.4 is 54.0 Å². The van der Waals surface area contributed by atoms with Gasteiger partial charge in [0.25, 0.3) is 0 Å². The molecule has 112 heavy (non-hydrogen) atoms. The van der Waals surface area contributed by atoms with Gasteiger partial charge in [-0.1, -0.05) is 111 Å². The summed E-state index contributed by atoms with van der Waals surface area (Å²) in [7, 11) is 8.10. The van der Waals surface area contributed by atoms with E-state index in [1.54, 1.807) is 77.1 Å². The van der Waals surface area contributed by atoms with Gasteiger partial charge in [-0.15, -0.1) is 11.8 Å². The average molecular weight is 1590 g/mol. The third kappa shape index (κ3) is 28.6. The molecule has 2 heterocycles. The topological polar surface area (TPSA) is 437 Å². The third-order valence-corrected chi connectivity index (χ3v) is 22.6. The number of alkyl carbamates (subject to hydrolysis) is 2. The number of methoxy groups -OCH3 is 2. The van der Waals surface area contributed by atoms with Crippen LogP contribution in [0.15, 0.2) is 42.5 Å². The number of thioether (sulfide) groups is 1. The number of hydrogen-bond acceptors (Lipinski definition) is 20. The van der Waals surface area contributed by atoms with Crippen molar-refractivity contribution >= 4 is 101 Å². The summed E-state index contributed by atoms with van der Waals surface area (Å²) in [6.45, 7) is 19.7. The van der Waals surface area contributed by atoms with Crippen LogP contribution in [0.2, 0.25) is 0 Å². The van der Waals surface area contributed by atoms with E-state index in [-0.39, 0.29) is 149 Å². The first-order chi connectivity index (χ1) is 52.9. The molecule has 0 spiro atoms. The molecule has 0 radical (unpaired) electrons. The summed E-state index contributed by atoms with van der Waals surface area (Å²) in [4.78, 5) is 193. The van der Waals surface area contributed by atoms with Gasteiger partial charge in [0.15, 0.2) is 5.78 Å². The predicted molar refractivity (Wildman–Crippen MR) is 422 cm³/mol. The van der Waals surface area contributed by atoms with Gasteiger partial charge in [-0.3, -0.25) is 62.5 Å². The smallest absolute Gasteiger partial charge is 0.407 e. The van der Waals surface area contributed by atoms with E-state index in [0.29, 0.717) is 48.3 Å². The number of rotatable bonds is 47. The van der Waals surface area contributed by atoms with Gasteiger partial charge >= 0.3 is 18.2 Å². The number of aryl methyl sites for hydroxylation is 2. The number of nitrogens with two attached hydrogens (primary N) is 2. The Labute approximate surface area is 663 Å². The minimum absolute atomic E-state index is 0.0201. The first-order valence-electron chi connectivity index (χ1n) is 38.9. The van der Waals surface area contributed by atoms with Crippen molar-refractivity contribution in [3.8, 4) is 0 Å². The summed E-state index contributed by atoms with van der Waals surface area (Å²) >= 11 is 1.40. The van der Waals surface area contributed by atoms with Crippen LogP contribution in [-0.2, 0) is 73.5 Å². The van der Waals surface area contributed by atoms with Crippen molar-refractivity contribution in [3.63, 3.8) is 0 Å². The zero-order chi connectivity index (χ0) is 83.4. The van der Waals surface area contributed by atoms with Crippen LogP contribution in [0.5, 0.6) is 0 Å². The molecule has 3 aliphatic rings. The number of imide groups is 1. The molecular formula is C79H124N14O18S. The fourth-order valence-electron chi connectivity index (χ4n) is 14.4. The summed E-state index contributed by atoms with van der Waals surface area (Å²) < 4.78 is 23.5. The summed E-state index contributed by atoms with van der Waals surface area (Å²) in [6, 6.07) is 5.82. The van der Waals surface area contributed by atoms with Gasteiger partial charge in [0.1, 0.15) is 30.8 Å². The van der Waals surface area contributed by atoms with Crippen LogP contribution in [0.3, 0.4) is 0 Å². The van der Waals surface area contributed by atoms with Crippen LogP contribution in [0, 0.1) is 48.9 Å². The maximum absolute atomic E-state index is 15.0.